The molecule has 8 heteroatoms. The van der Waals surface area contributed by atoms with Crippen LogP contribution in [-0.4, -0.2) is 37.0 Å². The van der Waals surface area contributed by atoms with Crippen LogP contribution in [0.3, 0.4) is 0 Å². The molecule has 108 valence electrons. The average molecular weight is 311 g/mol. The van der Waals surface area contributed by atoms with Gasteiger partial charge in [-0.15, -0.1) is 0 Å². The molecule has 0 fully saturated rings. The van der Waals surface area contributed by atoms with Crippen molar-refractivity contribution < 1.29 is 17.9 Å². The van der Waals surface area contributed by atoms with Crippen molar-refractivity contribution in [3.63, 3.8) is 0 Å². The van der Waals surface area contributed by atoms with Gasteiger partial charge in [0.25, 0.3) is 0 Å². The van der Waals surface area contributed by atoms with Crippen molar-refractivity contribution in [2.45, 2.75) is 24.3 Å². The largest absolute Gasteiger partial charge is 0.399 e. The number of aliphatic hydroxyl groups is 1. The van der Waals surface area contributed by atoms with Gasteiger partial charge >= 0.3 is 0 Å². The fourth-order valence-electron chi connectivity index (χ4n) is 1.34. The van der Waals surface area contributed by atoms with Gasteiger partial charge in [-0.3, -0.25) is 0 Å². The van der Waals surface area contributed by atoms with Crippen LogP contribution in [0.1, 0.15) is 13.8 Å². The number of rotatable bonds is 4. The topological polar surface area (TPSA) is 83.6 Å². The Bertz CT molecular complexity index is 590. The summed E-state index contributed by atoms with van der Waals surface area (Å²) in [5.41, 5.74) is 4.44. The van der Waals surface area contributed by atoms with E-state index in [2.05, 4.69) is 0 Å². The number of nitrogen functional groups attached to an aromatic ring is 1. The number of aliphatic hydroxyl groups excluding tert-OH is 1. The quantitative estimate of drug-likeness (QED) is 0.825. The lowest BCUT2D eigenvalue weighted by Gasteiger charge is -2.32. The number of likely N-dealkylation sites (N-methyl/N-ethyl adjacent to an activating group) is 1. The van der Waals surface area contributed by atoms with Crippen LogP contribution in [0.4, 0.5) is 10.1 Å². The molecule has 0 heterocycles. The molecule has 19 heavy (non-hydrogen) atoms. The van der Waals surface area contributed by atoms with E-state index in [0.717, 1.165) is 16.4 Å². The predicted octanol–water partition coefficient (Wildman–Crippen LogP) is 1.45. The van der Waals surface area contributed by atoms with Gasteiger partial charge in [-0.05, 0) is 26.0 Å². The molecular formula is C11H16ClFN2O3S. The summed E-state index contributed by atoms with van der Waals surface area (Å²) in [4.78, 5) is -0.610. The smallest absolute Gasteiger partial charge is 0.246 e. The second kappa shape index (κ2) is 5.24. The highest BCUT2D eigenvalue weighted by Gasteiger charge is 2.35. The van der Waals surface area contributed by atoms with Crippen molar-refractivity contribution in [3.05, 3.63) is 23.0 Å². The Hall–Kier alpha value is -0.890. The van der Waals surface area contributed by atoms with Gasteiger partial charge in [0.1, 0.15) is 4.90 Å². The molecule has 1 aromatic carbocycles. The molecule has 0 saturated carbocycles. The Morgan fingerprint density at radius 1 is 1.47 bits per heavy atom. The number of nitrogens with zero attached hydrogens (tertiary/aromatic N) is 1. The normalized spacial score (nSPS) is 13.0. The first kappa shape index (κ1) is 16.2. The minimum absolute atomic E-state index is 0.0418. The lowest BCUT2D eigenvalue weighted by molar-refractivity contribution is 0.137. The second-order valence-corrected chi connectivity index (χ2v) is 7.10. The number of anilines is 1. The molecule has 3 N–H and O–H groups in total. The fraction of sp³-hybridized carbons (Fsp3) is 0.455. The minimum Gasteiger partial charge on any atom is -0.399 e. The van der Waals surface area contributed by atoms with E-state index in [4.69, 9.17) is 17.3 Å². The zero-order chi connectivity index (χ0) is 15.0. The van der Waals surface area contributed by atoms with E-state index in [-0.39, 0.29) is 10.7 Å². The summed E-state index contributed by atoms with van der Waals surface area (Å²) in [6.45, 7) is 2.60. The third-order valence-corrected chi connectivity index (χ3v) is 5.24. The summed E-state index contributed by atoms with van der Waals surface area (Å²) < 4.78 is 39.4. The van der Waals surface area contributed by atoms with Gasteiger partial charge in [-0.1, -0.05) is 11.6 Å². The summed E-state index contributed by atoms with van der Waals surface area (Å²) >= 11 is 5.59. The maximum Gasteiger partial charge on any atom is 0.246 e. The summed E-state index contributed by atoms with van der Waals surface area (Å²) in [5.74, 6) is -1.06. The van der Waals surface area contributed by atoms with Gasteiger partial charge in [0.2, 0.25) is 10.0 Å². The van der Waals surface area contributed by atoms with E-state index >= 15 is 0 Å². The van der Waals surface area contributed by atoms with Crippen LogP contribution in [-0.2, 0) is 10.0 Å². The zero-order valence-corrected chi connectivity index (χ0v) is 12.4. The molecule has 0 aliphatic carbocycles. The van der Waals surface area contributed by atoms with Crippen molar-refractivity contribution in [1.82, 2.24) is 4.31 Å². The Morgan fingerprint density at radius 3 is 2.47 bits per heavy atom. The molecule has 5 nitrogen and oxygen atoms in total. The molecule has 0 aliphatic heterocycles. The van der Waals surface area contributed by atoms with E-state index in [1.54, 1.807) is 0 Å². The van der Waals surface area contributed by atoms with Crippen LogP contribution < -0.4 is 5.73 Å². The molecular weight excluding hydrogens is 295 g/mol. The molecule has 0 aliphatic rings. The first-order valence-corrected chi connectivity index (χ1v) is 7.20. The molecule has 0 bridgehead atoms. The van der Waals surface area contributed by atoms with Gasteiger partial charge in [-0.2, -0.15) is 4.31 Å². The van der Waals surface area contributed by atoms with Crippen LogP contribution in [0.5, 0.6) is 0 Å². The first-order chi connectivity index (χ1) is 8.54. The standard InChI is InChI=1S/C11H16ClFN2O3S/c1-11(2,6-16)15(3)19(17,18)9-5-7(14)4-8(12)10(9)13/h4-5,16H,6,14H2,1-3H3. The zero-order valence-electron chi connectivity index (χ0n) is 10.8. The Morgan fingerprint density at radius 2 is 2.00 bits per heavy atom. The van der Waals surface area contributed by atoms with Crippen LogP contribution in [0.15, 0.2) is 17.0 Å². The third kappa shape index (κ3) is 3.00. The van der Waals surface area contributed by atoms with Crippen LogP contribution in [0.2, 0.25) is 5.02 Å². The first-order valence-electron chi connectivity index (χ1n) is 5.38. The molecule has 0 amide bonds. The van der Waals surface area contributed by atoms with Gasteiger partial charge in [0.15, 0.2) is 5.82 Å². The number of benzene rings is 1. The van der Waals surface area contributed by atoms with Gasteiger partial charge < -0.3 is 10.8 Å². The highest BCUT2D eigenvalue weighted by molar-refractivity contribution is 7.89. The highest BCUT2D eigenvalue weighted by atomic mass is 35.5. The maximum absolute atomic E-state index is 13.9. The maximum atomic E-state index is 13.9. The third-order valence-electron chi connectivity index (χ3n) is 2.89. The molecule has 0 spiro atoms. The van der Waals surface area contributed by atoms with Gasteiger partial charge in [0.05, 0.1) is 17.2 Å². The Balaban J connectivity index is 3.45. The summed E-state index contributed by atoms with van der Waals surface area (Å²) in [6.07, 6.45) is 0. The van der Waals surface area contributed by atoms with Gasteiger partial charge in [0, 0.05) is 12.7 Å². The van der Waals surface area contributed by atoms with E-state index in [1.807, 2.05) is 0 Å². The molecule has 1 aromatic rings. The van der Waals surface area contributed by atoms with Crippen molar-refractivity contribution in [2.75, 3.05) is 19.4 Å². The summed E-state index contributed by atoms with van der Waals surface area (Å²) in [6, 6.07) is 2.13. The van der Waals surface area contributed by atoms with Crippen LogP contribution in [0, 0.1) is 5.82 Å². The molecule has 0 aromatic heterocycles. The second-order valence-electron chi connectivity index (χ2n) is 4.76. The molecule has 0 atom stereocenters. The van der Waals surface area contributed by atoms with Crippen molar-refractivity contribution >= 4 is 27.3 Å². The lowest BCUT2D eigenvalue weighted by Crippen LogP contribution is -2.47. The molecule has 0 unspecified atom stereocenters. The number of nitrogens with two attached hydrogens (primary N) is 1. The number of sulfonamides is 1. The van der Waals surface area contributed by atoms with Crippen molar-refractivity contribution in [1.29, 1.82) is 0 Å². The fourth-order valence-corrected chi connectivity index (χ4v) is 3.25. The highest BCUT2D eigenvalue weighted by Crippen LogP contribution is 2.30. The van der Waals surface area contributed by atoms with Crippen LogP contribution >= 0.6 is 11.6 Å². The van der Waals surface area contributed by atoms with Gasteiger partial charge in [-0.25, -0.2) is 12.8 Å². The lowest BCUT2D eigenvalue weighted by atomic mass is 10.1. The summed E-state index contributed by atoms with van der Waals surface area (Å²) in [7, 11) is -2.90. The number of hydrogen-bond acceptors (Lipinski definition) is 4. The predicted molar refractivity (Wildman–Crippen MR) is 71.9 cm³/mol. The average Bonchev–Trinajstić information content (AvgIpc) is 2.32. The molecule has 0 saturated heterocycles. The van der Waals surface area contributed by atoms with E-state index in [1.165, 1.54) is 20.9 Å². The Kier molecular flexibility index (Phi) is 4.46. The molecule has 0 radical (unpaired) electrons. The van der Waals surface area contributed by atoms with E-state index in [9.17, 15) is 17.9 Å². The SMILES string of the molecule is CN(C(C)(C)CO)S(=O)(=O)c1cc(N)cc(Cl)c1F. The number of hydrogen-bond donors (Lipinski definition) is 2. The van der Waals surface area contributed by atoms with Crippen LogP contribution in [0.25, 0.3) is 0 Å². The van der Waals surface area contributed by atoms with Crippen molar-refractivity contribution in [3.8, 4) is 0 Å². The molecule has 1 rings (SSSR count). The minimum atomic E-state index is -4.15. The number of halogens is 2. The van der Waals surface area contributed by atoms with Crippen molar-refractivity contribution in [2.24, 2.45) is 0 Å². The Labute approximate surface area is 116 Å². The van der Waals surface area contributed by atoms with E-state index in [0.29, 0.717) is 0 Å². The summed E-state index contributed by atoms with van der Waals surface area (Å²) in [5, 5.41) is 8.84. The van der Waals surface area contributed by atoms with E-state index < -0.39 is 32.9 Å². The monoisotopic (exact) mass is 310 g/mol.